The van der Waals surface area contributed by atoms with Crippen LogP contribution in [0.5, 0.6) is 0 Å². The third kappa shape index (κ3) is 4.63. The van der Waals surface area contributed by atoms with Crippen LogP contribution in [0.2, 0.25) is 5.02 Å². The molecule has 18 heavy (non-hydrogen) atoms. The zero-order valence-corrected chi connectivity index (χ0v) is 11.4. The highest BCUT2D eigenvalue weighted by Gasteiger charge is 2.09. The minimum atomic E-state index is -0.471. The molecule has 0 fully saturated rings. The van der Waals surface area contributed by atoms with Crippen LogP contribution < -0.4 is 5.32 Å². The van der Waals surface area contributed by atoms with Gasteiger partial charge in [0.25, 0.3) is 0 Å². The number of nitrogens with one attached hydrogen (secondary N) is 1. The molecule has 0 aliphatic rings. The first-order valence-corrected chi connectivity index (χ1v) is 6.30. The highest BCUT2D eigenvalue weighted by Crippen LogP contribution is 2.17. The van der Waals surface area contributed by atoms with Gasteiger partial charge in [0.05, 0.1) is 11.6 Å². The van der Waals surface area contributed by atoms with E-state index in [0.717, 1.165) is 13.0 Å². The van der Waals surface area contributed by atoms with Crippen molar-refractivity contribution in [2.75, 3.05) is 20.1 Å². The number of carbonyl (C=O) groups excluding carboxylic acids is 1. The smallest absolute Gasteiger partial charge is 0.234 e. The third-order valence-corrected chi connectivity index (χ3v) is 2.82. The van der Waals surface area contributed by atoms with Crippen LogP contribution in [0.25, 0.3) is 0 Å². The van der Waals surface area contributed by atoms with Crippen molar-refractivity contribution in [2.24, 2.45) is 0 Å². The molecule has 0 radical (unpaired) electrons. The summed E-state index contributed by atoms with van der Waals surface area (Å²) in [7, 11) is 1.88. The van der Waals surface area contributed by atoms with Crippen LogP contribution in [0.4, 0.5) is 4.39 Å². The van der Waals surface area contributed by atoms with E-state index >= 15 is 0 Å². The molecule has 0 saturated heterocycles. The number of likely N-dealkylation sites (N-methyl/N-ethyl adjacent to an activating group) is 1. The Hall–Kier alpha value is -1.13. The first-order chi connectivity index (χ1) is 8.54. The summed E-state index contributed by atoms with van der Waals surface area (Å²) in [5.41, 5.74) is 0.397. The molecule has 0 spiro atoms. The molecule has 100 valence electrons. The van der Waals surface area contributed by atoms with Crippen molar-refractivity contribution in [3.8, 4) is 0 Å². The average Bonchev–Trinajstić information content (AvgIpc) is 2.31. The largest absolute Gasteiger partial charge is 0.351 e. The maximum Gasteiger partial charge on any atom is 0.234 e. The molecule has 0 atom stereocenters. The minimum absolute atomic E-state index is 0.0739. The Kier molecular flexibility index (Phi) is 6.09. The van der Waals surface area contributed by atoms with E-state index in [4.69, 9.17) is 11.6 Å². The second-order valence-corrected chi connectivity index (χ2v) is 4.63. The second-order valence-electron chi connectivity index (χ2n) is 4.23. The van der Waals surface area contributed by atoms with Crippen LogP contribution in [0.15, 0.2) is 18.2 Å². The summed E-state index contributed by atoms with van der Waals surface area (Å²) in [6.45, 7) is 3.38. The van der Waals surface area contributed by atoms with E-state index in [0.29, 0.717) is 12.1 Å². The Balaban J connectivity index is 2.45. The predicted molar refractivity (Wildman–Crippen MR) is 71.0 cm³/mol. The maximum atomic E-state index is 13.5. The summed E-state index contributed by atoms with van der Waals surface area (Å²) in [4.78, 5) is 13.5. The molecule has 0 bridgehead atoms. The van der Waals surface area contributed by atoms with E-state index in [1.54, 1.807) is 12.1 Å². The fourth-order valence-electron chi connectivity index (χ4n) is 1.64. The van der Waals surface area contributed by atoms with Crippen LogP contribution in [-0.2, 0) is 11.3 Å². The Morgan fingerprint density at radius 2 is 2.22 bits per heavy atom. The predicted octanol–water partition coefficient (Wildman–Crippen LogP) is 2.44. The van der Waals surface area contributed by atoms with Crippen molar-refractivity contribution in [1.82, 2.24) is 10.2 Å². The number of benzene rings is 1. The lowest BCUT2D eigenvalue weighted by Crippen LogP contribution is -2.35. The lowest BCUT2D eigenvalue weighted by atomic mass is 10.2. The molecule has 0 aliphatic heterocycles. The normalized spacial score (nSPS) is 10.7. The minimum Gasteiger partial charge on any atom is -0.351 e. The van der Waals surface area contributed by atoms with Gasteiger partial charge < -0.3 is 5.32 Å². The number of hydrogen-bond donors (Lipinski definition) is 1. The SMILES string of the molecule is CCCN(C)CC(=O)NCc1cccc(Cl)c1F. The number of hydrogen-bond acceptors (Lipinski definition) is 2. The molecule has 1 amide bonds. The summed E-state index contributed by atoms with van der Waals surface area (Å²) >= 11 is 5.66. The molecule has 1 N–H and O–H groups in total. The van der Waals surface area contributed by atoms with Gasteiger partial charge in [-0.1, -0.05) is 30.7 Å². The van der Waals surface area contributed by atoms with Crippen LogP contribution in [0, 0.1) is 5.82 Å². The van der Waals surface area contributed by atoms with E-state index in [1.165, 1.54) is 6.07 Å². The standard InChI is InChI=1S/C13H18ClFN2O/c1-3-7-17(2)9-12(18)16-8-10-5-4-6-11(14)13(10)15/h4-6H,3,7-9H2,1-2H3,(H,16,18). The van der Waals surface area contributed by atoms with Gasteiger partial charge in [-0.3, -0.25) is 9.69 Å². The highest BCUT2D eigenvalue weighted by molar-refractivity contribution is 6.30. The third-order valence-electron chi connectivity index (χ3n) is 2.53. The quantitative estimate of drug-likeness (QED) is 0.863. The molecule has 1 aromatic rings. The van der Waals surface area contributed by atoms with Gasteiger partial charge in [-0.15, -0.1) is 0 Å². The zero-order chi connectivity index (χ0) is 13.5. The monoisotopic (exact) mass is 272 g/mol. The summed E-state index contributed by atoms with van der Waals surface area (Å²) in [6.07, 6.45) is 0.993. The maximum absolute atomic E-state index is 13.5. The van der Waals surface area contributed by atoms with Crippen LogP contribution in [0.3, 0.4) is 0 Å². The number of carbonyl (C=O) groups is 1. The Bertz CT molecular complexity index is 412. The van der Waals surface area contributed by atoms with Gasteiger partial charge in [0.1, 0.15) is 5.82 Å². The van der Waals surface area contributed by atoms with E-state index in [2.05, 4.69) is 12.2 Å². The van der Waals surface area contributed by atoms with Crippen molar-refractivity contribution >= 4 is 17.5 Å². The first-order valence-electron chi connectivity index (χ1n) is 5.92. The number of nitrogens with zero attached hydrogens (tertiary/aromatic N) is 1. The molecular weight excluding hydrogens is 255 g/mol. The molecule has 0 heterocycles. The van der Waals surface area contributed by atoms with Crippen molar-refractivity contribution in [3.63, 3.8) is 0 Å². The number of amides is 1. The topological polar surface area (TPSA) is 32.3 Å². The molecule has 1 rings (SSSR count). The fraction of sp³-hybridized carbons (Fsp3) is 0.462. The van der Waals surface area contributed by atoms with Crippen molar-refractivity contribution < 1.29 is 9.18 Å². The summed E-state index contributed by atoms with van der Waals surface area (Å²) in [5, 5.41) is 2.75. The van der Waals surface area contributed by atoms with Gasteiger partial charge in [0, 0.05) is 12.1 Å². The molecule has 3 nitrogen and oxygen atoms in total. The Labute approximate surface area is 112 Å². The molecule has 0 aliphatic carbocycles. The number of rotatable bonds is 6. The first kappa shape index (κ1) is 14.9. The van der Waals surface area contributed by atoms with Gasteiger partial charge in [-0.05, 0) is 26.1 Å². The van der Waals surface area contributed by atoms with Gasteiger partial charge in [-0.2, -0.15) is 0 Å². The average molecular weight is 273 g/mol. The van der Waals surface area contributed by atoms with Crippen LogP contribution in [0.1, 0.15) is 18.9 Å². The lowest BCUT2D eigenvalue weighted by molar-refractivity contribution is -0.122. The molecule has 5 heteroatoms. The van der Waals surface area contributed by atoms with Gasteiger partial charge in [0.15, 0.2) is 0 Å². The van der Waals surface area contributed by atoms with Gasteiger partial charge in [0.2, 0.25) is 5.91 Å². The van der Waals surface area contributed by atoms with Crippen LogP contribution >= 0.6 is 11.6 Å². The fourth-order valence-corrected chi connectivity index (χ4v) is 1.83. The molecule has 0 aromatic heterocycles. The number of halogens is 2. The summed E-state index contributed by atoms with van der Waals surface area (Å²) in [6, 6.07) is 4.75. The molecule has 0 saturated carbocycles. The van der Waals surface area contributed by atoms with Crippen LogP contribution in [-0.4, -0.2) is 30.9 Å². The van der Waals surface area contributed by atoms with Gasteiger partial charge in [-0.25, -0.2) is 4.39 Å². The molecule has 0 unspecified atom stereocenters. The second kappa shape index (κ2) is 7.34. The van der Waals surface area contributed by atoms with E-state index in [1.807, 2.05) is 11.9 Å². The Morgan fingerprint density at radius 1 is 1.50 bits per heavy atom. The Morgan fingerprint density at radius 3 is 2.89 bits per heavy atom. The summed E-state index contributed by atoms with van der Waals surface area (Å²) < 4.78 is 13.5. The molecule has 1 aromatic carbocycles. The van der Waals surface area contributed by atoms with Gasteiger partial charge >= 0.3 is 0 Å². The summed E-state index contributed by atoms with van der Waals surface area (Å²) in [5.74, 6) is -0.591. The van der Waals surface area contributed by atoms with E-state index in [9.17, 15) is 9.18 Å². The molecular formula is C13H18ClFN2O. The zero-order valence-electron chi connectivity index (χ0n) is 10.7. The lowest BCUT2D eigenvalue weighted by Gasteiger charge is -2.15. The van der Waals surface area contributed by atoms with E-state index < -0.39 is 5.82 Å². The van der Waals surface area contributed by atoms with Crippen molar-refractivity contribution in [2.45, 2.75) is 19.9 Å². The van der Waals surface area contributed by atoms with E-state index in [-0.39, 0.29) is 17.5 Å². The highest BCUT2D eigenvalue weighted by atomic mass is 35.5. The van der Waals surface area contributed by atoms with Crippen molar-refractivity contribution in [3.05, 3.63) is 34.6 Å². The van der Waals surface area contributed by atoms with Crippen molar-refractivity contribution in [1.29, 1.82) is 0 Å².